The van der Waals surface area contributed by atoms with Gasteiger partial charge in [0.05, 0.1) is 12.2 Å². The first-order valence-electron chi connectivity index (χ1n) is 5.94. The average molecular weight is 292 g/mol. The van der Waals surface area contributed by atoms with Crippen LogP contribution in [0, 0.1) is 0 Å². The minimum atomic E-state index is -0.191. The Kier molecular flexibility index (Phi) is 3.20. The van der Waals surface area contributed by atoms with Crippen molar-refractivity contribution in [2.45, 2.75) is 6.54 Å². The molecular weight excluding hydrogens is 282 g/mol. The minimum absolute atomic E-state index is 0.0319. The quantitative estimate of drug-likeness (QED) is 0.816. The van der Waals surface area contributed by atoms with Crippen molar-refractivity contribution in [1.82, 2.24) is 0 Å². The third-order valence-corrected chi connectivity index (χ3v) is 3.21. The molecule has 1 aliphatic heterocycles. The summed E-state index contributed by atoms with van der Waals surface area (Å²) in [6.07, 6.45) is 0.620. The lowest BCUT2D eigenvalue weighted by Crippen LogP contribution is -2.38. The van der Waals surface area contributed by atoms with Gasteiger partial charge in [-0.3, -0.25) is 14.5 Å². The second-order valence-corrected chi connectivity index (χ2v) is 4.74. The molecule has 0 unspecified atom stereocenters. The van der Waals surface area contributed by atoms with E-state index < -0.39 is 0 Å². The van der Waals surface area contributed by atoms with Gasteiger partial charge in [0.1, 0.15) is 11.5 Å². The summed E-state index contributed by atoms with van der Waals surface area (Å²) in [7, 11) is 0. The first-order valence-corrected chi connectivity index (χ1v) is 6.32. The Labute approximate surface area is 119 Å². The molecule has 1 aliphatic rings. The molecule has 0 saturated carbocycles. The van der Waals surface area contributed by atoms with Crippen LogP contribution in [-0.2, 0) is 11.3 Å². The Balaban J connectivity index is 1.94. The van der Waals surface area contributed by atoms with Gasteiger partial charge in [0.25, 0.3) is 5.91 Å². The van der Waals surface area contributed by atoms with E-state index in [-0.39, 0.29) is 24.8 Å². The fourth-order valence-corrected chi connectivity index (χ4v) is 2.21. The van der Waals surface area contributed by atoms with Crippen LogP contribution >= 0.6 is 11.6 Å². The largest absolute Gasteiger partial charge is 0.482 e. The molecule has 102 valence electrons. The Morgan fingerprint density at radius 3 is 2.90 bits per heavy atom. The van der Waals surface area contributed by atoms with E-state index in [1.807, 2.05) is 0 Å². The van der Waals surface area contributed by atoms with E-state index in [0.717, 1.165) is 0 Å². The van der Waals surface area contributed by atoms with Crippen molar-refractivity contribution in [3.8, 4) is 5.75 Å². The first-order chi connectivity index (χ1) is 9.67. The molecule has 5 nitrogen and oxygen atoms in total. The monoisotopic (exact) mass is 291 g/mol. The number of hydrogen-bond donors (Lipinski definition) is 0. The number of carbonyl (C=O) groups excluding carboxylic acids is 2. The third kappa shape index (κ3) is 2.28. The summed E-state index contributed by atoms with van der Waals surface area (Å²) in [5.74, 6) is 1.15. The molecule has 2 heterocycles. The summed E-state index contributed by atoms with van der Waals surface area (Å²) < 4.78 is 10.6. The van der Waals surface area contributed by atoms with Crippen molar-refractivity contribution in [3.05, 3.63) is 46.9 Å². The Morgan fingerprint density at radius 2 is 2.15 bits per heavy atom. The number of furan rings is 1. The predicted molar refractivity (Wildman–Crippen MR) is 72.2 cm³/mol. The van der Waals surface area contributed by atoms with Crippen LogP contribution < -0.4 is 9.64 Å². The van der Waals surface area contributed by atoms with Crippen molar-refractivity contribution in [2.24, 2.45) is 0 Å². The van der Waals surface area contributed by atoms with E-state index >= 15 is 0 Å². The Hall–Kier alpha value is -2.27. The zero-order valence-corrected chi connectivity index (χ0v) is 11.1. The molecule has 0 aliphatic carbocycles. The van der Waals surface area contributed by atoms with E-state index in [4.69, 9.17) is 20.8 Å². The molecule has 3 rings (SSSR count). The maximum Gasteiger partial charge on any atom is 0.265 e. The highest BCUT2D eigenvalue weighted by atomic mass is 35.5. The zero-order valence-electron chi connectivity index (χ0n) is 10.3. The van der Waals surface area contributed by atoms with Crippen LogP contribution in [0.15, 0.2) is 34.7 Å². The number of nitrogens with zero attached hydrogens (tertiary/aromatic N) is 1. The maximum atomic E-state index is 12.0. The molecule has 0 fully saturated rings. The summed E-state index contributed by atoms with van der Waals surface area (Å²) in [5.41, 5.74) is 0.595. The highest BCUT2D eigenvalue weighted by molar-refractivity contribution is 6.31. The molecule has 0 radical (unpaired) electrons. The number of halogens is 1. The van der Waals surface area contributed by atoms with Gasteiger partial charge in [0.2, 0.25) is 0 Å². The number of ether oxygens (including phenoxy) is 1. The van der Waals surface area contributed by atoms with Crippen LogP contribution in [0.2, 0.25) is 5.02 Å². The molecule has 0 atom stereocenters. The fourth-order valence-electron chi connectivity index (χ4n) is 2.05. The molecule has 1 amide bonds. The SMILES string of the molecule is O=Cc1ccc(CN2C(=O)COc3ccc(Cl)cc32)o1. The number of rotatable bonds is 3. The molecule has 1 aromatic heterocycles. The van der Waals surface area contributed by atoms with Gasteiger partial charge in [0, 0.05) is 5.02 Å². The molecule has 6 heteroatoms. The van der Waals surface area contributed by atoms with Gasteiger partial charge in [-0.25, -0.2) is 0 Å². The van der Waals surface area contributed by atoms with Gasteiger partial charge in [-0.1, -0.05) is 11.6 Å². The van der Waals surface area contributed by atoms with E-state index in [1.165, 1.54) is 4.90 Å². The first kappa shape index (κ1) is 12.7. The van der Waals surface area contributed by atoms with Gasteiger partial charge in [-0.15, -0.1) is 0 Å². The Morgan fingerprint density at radius 1 is 1.30 bits per heavy atom. The predicted octanol–water partition coefficient (Wildman–Crippen LogP) is 2.67. The average Bonchev–Trinajstić information content (AvgIpc) is 2.90. The number of carbonyl (C=O) groups is 2. The molecule has 20 heavy (non-hydrogen) atoms. The summed E-state index contributed by atoms with van der Waals surface area (Å²) in [5, 5.41) is 0.514. The van der Waals surface area contributed by atoms with Crippen molar-refractivity contribution >= 4 is 29.5 Å². The molecule has 1 aromatic carbocycles. The van der Waals surface area contributed by atoms with Crippen LogP contribution in [-0.4, -0.2) is 18.8 Å². The van der Waals surface area contributed by atoms with E-state index in [1.54, 1.807) is 30.3 Å². The second-order valence-electron chi connectivity index (χ2n) is 4.30. The zero-order chi connectivity index (χ0) is 14.1. The van der Waals surface area contributed by atoms with Crippen molar-refractivity contribution in [2.75, 3.05) is 11.5 Å². The van der Waals surface area contributed by atoms with Crippen LogP contribution in [0.4, 0.5) is 5.69 Å². The van der Waals surface area contributed by atoms with Crippen LogP contribution in [0.1, 0.15) is 16.3 Å². The van der Waals surface area contributed by atoms with Crippen molar-refractivity contribution in [3.63, 3.8) is 0 Å². The van der Waals surface area contributed by atoms with Crippen LogP contribution in [0.5, 0.6) is 5.75 Å². The van der Waals surface area contributed by atoms with Gasteiger partial charge in [0.15, 0.2) is 18.7 Å². The third-order valence-electron chi connectivity index (χ3n) is 2.98. The maximum absolute atomic E-state index is 12.0. The summed E-state index contributed by atoms with van der Waals surface area (Å²) in [4.78, 5) is 24.1. The lowest BCUT2D eigenvalue weighted by atomic mass is 10.2. The standard InChI is InChI=1S/C14H10ClNO4/c15-9-1-4-13-12(5-9)16(14(18)8-19-13)6-10-2-3-11(7-17)20-10/h1-5,7H,6,8H2. The van der Waals surface area contributed by atoms with Crippen molar-refractivity contribution in [1.29, 1.82) is 0 Å². The van der Waals surface area contributed by atoms with Gasteiger partial charge in [-0.2, -0.15) is 0 Å². The van der Waals surface area contributed by atoms with Gasteiger partial charge >= 0.3 is 0 Å². The van der Waals surface area contributed by atoms with Crippen molar-refractivity contribution < 1.29 is 18.7 Å². The normalized spacial score (nSPS) is 13.8. The summed E-state index contributed by atoms with van der Waals surface area (Å²) >= 11 is 5.96. The number of benzene rings is 1. The molecule has 2 aromatic rings. The van der Waals surface area contributed by atoms with Crippen LogP contribution in [0.25, 0.3) is 0 Å². The topological polar surface area (TPSA) is 59.8 Å². The minimum Gasteiger partial charge on any atom is -0.482 e. The highest BCUT2D eigenvalue weighted by Crippen LogP contribution is 2.35. The molecule has 0 saturated heterocycles. The summed E-state index contributed by atoms with van der Waals surface area (Å²) in [6, 6.07) is 8.31. The van der Waals surface area contributed by atoms with Gasteiger partial charge in [-0.05, 0) is 30.3 Å². The number of hydrogen-bond acceptors (Lipinski definition) is 4. The fraction of sp³-hybridized carbons (Fsp3) is 0.143. The Bertz CT molecular complexity index is 680. The number of fused-ring (bicyclic) bond motifs is 1. The van der Waals surface area contributed by atoms with E-state index in [2.05, 4.69) is 0 Å². The number of amides is 1. The second kappa shape index (κ2) is 5.02. The molecule has 0 N–H and O–H groups in total. The lowest BCUT2D eigenvalue weighted by Gasteiger charge is -2.28. The number of anilines is 1. The molecular formula is C14H10ClNO4. The molecule has 0 spiro atoms. The van der Waals surface area contributed by atoms with E-state index in [9.17, 15) is 9.59 Å². The number of aldehydes is 1. The van der Waals surface area contributed by atoms with Gasteiger partial charge < -0.3 is 9.15 Å². The van der Waals surface area contributed by atoms with E-state index in [0.29, 0.717) is 28.5 Å². The summed E-state index contributed by atoms with van der Waals surface area (Å²) in [6.45, 7) is 0.194. The highest BCUT2D eigenvalue weighted by Gasteiger charge is 2.26. The lowest BCUT2D eigenvalue weighted by molar-refractivity contribution is -0.121. The molecule has 0 bridgehead atoms. The smallest absolute Gasteiger partial charge is 0.265 e. The van der Waals surface area contributed by atoms with Crippen LogP contribution in [0.3, 0.4) is 0 Å².